The summed E-state index contributed by atoms with van der Waals surface area (Å²) in [5.41, 5.74) is 5.30. The first-order chi connectivity index (χ1) is 4.92. The van der Waals surface area contributed by atoms with E-state index in [0.717, 1.165) is 0 Å². The Bertz CT molecular complexity index is 270. The van der Waals surface area contributed by atoms with Crippen LogP contribution in [0, 0.1) is 5.92 Å². The lowest BCUT2D eigenvalue weighted by molar-refractivity contribution is -0.141. The van der Waals surface area contributed by atoms with E-state index in [1.165, 1.54) is 0 Å². The van der Waals surface area contributed by atoms with Gasteiger partial charge in [0, 0.05) is 6.04 Å². The summed E-state index contributed by atoms with van der Waals surface area (Å²) in [5.74, 6) is -2.56. The summed E-state index contributed by atoms with van der Waals surface area (Å²) >= 11 is 0. The SMILES string of the molecule is N[C@@H]1CS(=O)(=O)C[C@@H]1C(=O)O. The highest BCUT2D eigenvalue weighted by molar-refractivity contribution is 7.91. The molecule has 1 fully saturated rings. The molecule has 0 unspecified atom stereocenters. The van der Waals surface area contributed by atoms with E-state index in [9.17, 15) is 13.2 Å². The van der Waals surface area contributed by atoms with Crippen molar-refractivity contribution in [1.29, 1.82) is 0 Å². The van der Waals surface area contributed by atoms with Crippen LogP contribution in [0.25, 0.3) is 0 Å². The first-order valence-corrected chi connectivity index (χ1v) is 4.93. The number of carboxylic acids is 1. The molecule has 1 rings (SSSR count). The van der Waals surface area contributed by atoms with Crippen molar-refractivity contribution in [2.75, 3.05) is 11.5 Å². The van der Waals surface area contributed by atoms with Gasteiger partial charge in [-0.05, 0) is 0 Å². The van der Waals surface area contributed by atoms with Crippen molar-refractivity contribution >= 4 is 15.8 Å². The van der Waals surface area contributed by atoms with Gasteiger partial charge in [0.05, 0.1) is 17.4 Å². The van der Waals surface area contributed by atoms with Crippen molar-refractivity contribution in [1.82, 2.24) is 0 Å². The Morgan fingerprint density at radius 3 is 2.18 bits per heavy atom. The maximum absolute atomic E-state index is 10.8. The molecule has 0 aromatic rings. The lowest BCUT2D eigenvalue weighted by atomic mass is 10.1. The van der Waals surface area contributed by atoms with Gasteiger partial charge >= 0.3 is 5.97 Å². The molecule has 0 aliphatic carbocycles. The Morgan fingerprint density at radius 2 is 2.00 bits per heavy atom. The number of carboxylic acid groups (broad SMARTS) is 1. The molecule has 0 saturated carbocycles. The predicted octanol–water partition coefficient (Wildman–Crippen LogP) is -1.56. The number of nitrogens with two attached hydrogens (primary N) is 1. The van der Waals surface area contributed by atoms with Gasteiger partial charge in [-0.25, -0.2) is 8.42 Å². The first kappa shape index (κ1) is 8.48. The van der Waals surface area contributed by atoms with Crippen LogP contribution in [0.2, 0.25) is 0 Å². The van der Waals surface area contributed by atoms with E-state index in [-0.39, 0.29) is 11.5 Å². The molecular weight excluding hydrogens is 170 g/mol. The van der Waals surface area contributed by atoms with Crippen LogP contribution in [-0.4, -0.2) is 37.0 Å². The molecule has 0 aromatic heterocycles. The standard InChI is InChI=1S/C5H9NO4S/c6-4-2-11(9,10)1-3(4)5(7)8/h3-4H,1-2,6H2,(H,7,8)/t3-,4+/m0/s1. The van der Waals surface area contributed by atoms with Gasteiger partial charge in [0.1, 0.15) is 0 Å². The lowest BCUT2D eigenvalue weighted by Gasteiger charge is -2.05. The second-order valence-electron chi connectivity index (χ2n) is 2.69. The summed E-state index contributed by atoms with van der Waals surface area (Å²) in [6, 6.07) is -0.738. The van der Waals surface area contributed by atoms with E-state index in [4.69, 9.17) is 10.8 Å². The zero-order chi connectivity index (χ0) is 8.65. The van der Waals surface area contributed by atoms with Gasteiger partial charge < -0.3 is 10.8 Å². The summed E-state index contributed by atoms with van der Waals surface area (Å²) in [7, 11) is -3.20. The third kappa shape index (κ3) is 1.69. The third-order valence-corrected chi connectivity index (χ3v) is 3.47. The molecular formula is C5H9NO4S. The Morgan fingerprint density at radius 1 is 1.45 bits per heavy atom. The highest BCUT2D eigenvalue weighted by atomic mass is 32.2. The Balaban J connectivity index is 2.83. The highest BCUT2D eigenvalue weighted by Gasteiger charge is 2.39. The van der Waals surface area contributed by atoms with Gasteiger partial charge in [0.2, 0.25) is 0 Å². The molecule has 64 valence electrons. The smallest absolute Gasteiger partial charge is 0.309 e. The van der Waals surface area contributed by atoms with Crippen molar-refractivity contribution in [3.63, 3.8) is 0 Å². The van der Waals surface area contributed by atoms with E-state index in [1.807, 2.05) is 0 Å². The third-order valence-electron chi connectivity index (χ3n) is 1.71. The Hall–Kier alpha value is -0.620. The van der Waals surface area contributed by atoms with Gasteiger partial charge in [-0.15, -0.1) is 0 Å². The average molecular weight is 179 g/mol. The molecule has 11 heavy (non-hydrogen) atoms. The maximum Gasteiger partial charge on any atom is 0.309 e. The fraction of sp³-hybridized carbons (Fsp3) is 0.800. The van der Waals surface area contributed by atoms with Crippen molar-refractivity contribution < 1.29 is 18.3 Å². The molecule has 1 aliphatic rings. The van der Waals surface area contributed by atoms with Crippen LogP contribution >= 0.6 is 0 Å². The highest BCUT2D eigenvalue weighted by Crippen LogP contribution is 2.17. The van der Waals surface area contributed by atoms with E-state index < -0.39 is 27.8 Å². The quantitative estimate of drug-likeness (QED) is 0.507. The van der Waals surface area contributed by atoms with E-state index in [2.05, 4.69) is 0 Å². The number of sulfone groups is 1. The molecule has 1 saturated heterocycles. The van der Waals surface area contributed by atoms with Crippen LogP contribution in [0.15, 0.2) is 0 Å². The van der Waals surface area contributed by atoms with Crippen LogP contribution < -0.4 is 5.73 Å². The zero-order valence-corrected chi connectivity index (χ0v) is 6.54. The second kappa shape index (κ2) is 2.46. The average Bonchev–Trinajstić information content (AvgIpc) is 2.05. The largest absolute Gasteiger partial charge is 0.481 e. The van der Waals surface area contributed by atoms with Crippen LogP contribution in [0.4, 0.5) is 0 Å². The van der Waals surface area contributed by atoms with E-state index in [0.29, 0.717) is 0 Å². The summed E-state index contributed by atoms with van der Waals surface area (Å²) in [5, 5.41) is 8.47. The molecule has 5 nitrogen and oxygen atoms in total. The van der Waals surface area contributed by atoms with Crippen LogP contribution in [0.3, 0.4) is 0 Å². The molecule has 2 atom stereocenters. The molecule has 0 aromatic carbocycles. The summed E-state index contributed by atoms with van der Waals surface area (Å²) in [6.07, 6.45) is 0. The number of aliphatic carboxylic acids is 1. The maximum atomic E-state index is 10.8. The fourth-order valence-corrected chi connectivity index (χ4v) is 3.02. The fourth-order valence-electron chi connectivity index (χ4n) is 1.13. The lowest BCUT2D eigenvalue weighted by Crippen LogP contribution is -2.33. The van der Waals surface area contributed by atoms with E-state index >= 15 is 0 Å². The number of hydrogen-bond acceptors (Lipinski definition) is 4. The van der Waals surface area contributed by atoms with Crippen molar-refractivity contribution in [3.05, 3.63) is 0 Å². The van der Waals surface area contributed by atoms with Crippen molar-refractivity contribution in [3.8, 4) is 0 Å². The zero-order valence-electron chi connectivity index (χ0n) is 5.73. The molecule has 0 amide bonds. The van der Waals surface area contributed by atoms with Crippen molar-refractivity contribution in [2.24, 2.45) is 11.7 Å². The number of hydrogen-bond donors (Lipinski definition) is 2. The number of rotatable bonds is 1. The van der Waals surface area contributed by atoms with Gasteiger partial charge in [-0.1, -0.05) is 0 Å². The topological polar surface area (TPSA) is 97.5 Å². The summed E-state index contributed by atoms with van der Waals surface area (Å²) in [4.78, 5) is 10.4. The molecule has 0 spiro atoms. The molecule has 6 heteroatoms. The minimum absolute atomic E-state index is 0.204. The monoisotopic (exact) mass is 179 g/mol. The van der Waals surface area contributed by atoms with Crippen molar-refractivity contribution in [2.45, 2.75) is 6.04 Å². The summed E-state index contributed by atoms with van der Waals surface area (Å²) < 4.78 is 21.6. The second-order valence-corrected chi connectivity index (χ2v) is 4.84. The first-order valence-electron chi connectivity index (χ1n) is 3.11. The van der Waals surface area contributed by atoms with E-state index in [1.54, 1.807) is 0 Å². The summed E-state index contributed by atoms with van der Waals surface area (Å²) in [6.45, 7) is 0. The number of carbonyl (C=O) groups is 1. The Kier molecular flexibility index (Phi) is 1.89. The molecule has 0 radical (unpaired) electrons. The molecule has 0 bridgehead atoms. The van der Waals surface area contributed by atoms with Crippen LogP contribution in [0.1, 0.15) is 0 Å². The minimum Gasteiger partial charge on any atom is -0.481 e. The molecule has 3 N–H and O–H groups in total. The normalized spacial score (nSPS) is 35.4. The Labute approximate surface area is 64.1 Å². The minimum atomic E-state index is -3.20. The predicted molar refractivity (Wildman–Crippen MR) is 37.8 cm³/mol. The van der Waals surface area contributed by atoms with Crippen LogP contribution in [0.5, 0.6) is 0 Å². The van der Waals surface area contributed by atoms with Crippen LogP contribution in [-0.2, 0) is 14.6 Å². The van der Waals surface area contributed by atoms with Gasteiger partial charge in [-0.2, -0.15) is 0 Å². The molecule has 1 aliphatic heterocycles. The molecule has 1 heterocycles. The van der Waals surface area contributed by atoms with Gasteiger partial charge in [-0.3, -0.25) is 4.79 Å². The van der Waals surface area contributed by atoms with Gasteiger partial charge in [0.15, 0.2) is 9.84 Å². The van der Waals surface area contributed by atoms with Gasteiger partial charge in [0.25, 0.3) is 0 Å².